The molecule has 1 saturated carbocycles. The number of morpholine rings is 1. The molecule has 0 aromatic heterocycles. The lowest BCUT2D eigenvalue weighted by atomic mass is 10.1. The quantitative estimate of drug-likeness (QED) is 0.675. The van der Waals surface area contributed by atoms with Gasteiger partial charge in [-0.3, -0.25) is 4.79 Å². The van der Waals surface area contributed by atoms with E-state index in [0.29, 0.717) is 19.8 Å². The van der Waals surface area contributed by atoms with E-state index in [2.05, 4.69) is 6.58 Å². The molecule has 0 bridgehead atoms. The highest BCUT2D eigenvalue weighted by atomic mass is 16.5. The number of nitrogens with zero attached hydrogens (tertiary/aromatic N) is 1. The number of rotatable bonds is 5. The van der Waals surface area contributed by atoms with Crippen molar-refractivity contribution in [1.82, 2.24) is 4.90 Å². The molecule has 1 aliphatic heterocycles. The molecule has 1 saturated heterocycles. The number of methoxy groups -OCH3 is 1. The Morgan fingerprint density at radius 3 is 3.11 bits per heavy atom. The Morgan fingerprint density at radius 1 is 1.56 bits per heavy atom. The molecule has 2 aliphatic rings. The smallest absolute Gasteiger partial charge is 0.248 e. The first kappa shape index (κ1) is 13.5. The summed E-state index contributed by atoms with van der Waals surface area (Å²) in [5, 5.41) is 0. The first-order chi connectivity index (χ1) is 8.77. The molecule has 5 heteroatoms. The summed E-state index contributed by atoms with van der Waals surface area (Å²) in [6, 6.07) is 0.135. The number of carbonyl (C=O) groups excluding carboxylic acids is 1. The van der Waals surface area contributed by atoms with Crippen LogP contribution in [0.4, 0.5) is 0 Å². The Bertz CT molecular complexity index is 307. The molecule has 18 heavy (non-hydrogen) atoms. The predicted molar refractivity (Wildman–Crippen MR) is 66.3 cm³/mol. The molecular formula is C13H21NO4. The zero-order chi connectivity index (χ0) is 13.0. The monoisotopic (exact) mass is 255 g/mol. The van der Waals surface area contributed by atoms with Gasteiger partial charge in [0.2, 0.25) is 5.91 Å². The molecule has 102 valence electrons. The normalized spacial score (nSPS) is 31.2. The maximum Gasteiger partial charge on any atom is 0.248 e. The highest BCUT2D eigenvalue weighted by Crippen LogP contribution is 2.32. The average Bonchev–Trinajstić information content (AvgIpc) is 2.79. The molecule has 0 unspecified atom stereocenters. The van der Waals surface area contributed by atoms with Gasteiger partial charge >= 0.3 is 0 Å². The maximum absolute atomic E-state index is 11.9. The summed E-state index contributed by atoms with van der Waals surface area (Å²) in [4.78, 5) is 13.8. The van der Waals surface area contributed by atoms with Crippen LogP contribution in [0.5, 0.6) is 0 Å². The fraction of sp³-hybridized carbons (Fsp3) is 0.769. The van der Waals surface area contributed by atoms with Crippen LogP contribution >= 0.6 is 0 Å². The lowest BCUT2D eigenvalue weighted by Gasteiger charge is -2.38. The van der Waals surface area contributed by atoms with Crippen molar-refractivity contribution in [1.29, 1.82) is 0 Å². The minimum absolute atomic E-state index is 0.000457. The van der Waals surface area contributed by atoms with Gasteiger partial charge in [0, 0.05) is 13.7 Å². The van der Waals surface area contributed by atoms with Crippen molar-refractivity contribution in [3.8, 4) is 0 Å². The topological polar surface area (TPSA) is 48.0 Å². The minimum atomic E-state index is -0.000457. The third kappa shape index (κ3) is 2.74. The fourth-order valence-corrected chi connectivity index (χ4v) is 2.80. The van der Waals surface area contributed by atoms with Crippen molar-refractivity contribution in [2.24, 2.45) is 0 Å². The predicted octanol–water partition coefficient (Wildman–Crippen LogP) is 0.594. The van der Waals surface area contributed by atoms with Gasteiger partial charge in [-0.1, -0.05) is 6.08 Å². The third-order valence-corrected chi connectivity index (χ3v) is 3.55. The minimum Gasteiger partial charge on any atom is -0.375 e. The van der Waals surface area contributed by atoms with Crippen LogP contribution in [0.1, 0.15) is 12.8 Å². The van der Waals surface area contributed by atoms with E-state index in [1.54, 1.807) is 13.2 Å². The first-order valence-electron chi connectivity index (χ1n) is 6.40. The van der Waals surface area contributed by atoms with Gasteiger partial charge in [0.25, 0.3) is 0 Å². The fourth-order valence-electron chi connectivity index (χ4n) is 2.80. The summed E-state index contributed by atoms with van der Waals surface area (Å²) in [6.07, 6.45) is 3.68. The molecule has 2 fully saturated rings. The van der Waals surface area contributed by atoms with Crippen LogP contribution < -0.4 is 0 Å². The molecule has 0 aromatic rings. The van der Waals surface area contributed by atoms with Gasteiger partial charge in [-0.2, -0.15) is 0 Å². The van der Waals surface area contributed by atoms with Gasteiger partial charge in [-0.05, 0) is 12.8 Å². The number of amides is 1. The Balaban J connectivity index is 1.97. The van der Waals surface area contributed by atoms with E-state index in [1.165, 1.54) is 0 Å². The Labute approximate surface area is 108 Å². The van der Waals surface area contributed by atoms with Crippen LogP contribution in [0, 0.1) is 0 Å². The van der Waals surface area contributed by atoms with Crippen molar-refractivity contribution in [3.63, 3.8) is 0 Å². The van der Waals surface area contributed by atoms with Crippen molar-refractivity contribution < 1.29 is 19.0 Å². The maximum atomic E-state index is 11.9. The number of hydrogen-bond acceptors (Lipinski definition) is 4. The summed E-state index contributed by atoms with van der Waals surface area (Å²) in [5.74, 6) is 0.0418. The van der Waals surface area contributed by atoms with Crippen LogP contribution in [0.3, 0.4) is 0 Å². The second-order valence-corrected chi connectivity index (χ2v) is 4.66. The molecule has 0 radical (unpaired) electrons. The van der Waals surface area contributed by atoms with E-state index in [9.17, 15) is 4.79 Å². The lowest BCUT2D eigenvalue weighted by Crippen LogP contribution is -2.54. The second kappa shape index (κ2) is 6.31. The van der Waals surface area contributed by atoms with Gasteiger partial charge < -0.3 is 19.1 Å². The zero-order valence-electron chi connectivity index (χ0n) is 10.8. The van der Waals surface area contributed by atoms with Gasteiger partial charge in [0.05, 0.1) is 25.4 Å². The van der Waals surface area contributed by atoms with Gasteiger partial charge in [-0.15, -0.1) is 6.58 Å². The zero-order valence-corrected chi connectivity index (χ0v) is 10.8. The summed E-state index contributed by atoms with van der Waals surface area (Å²) in [7, 11) is 1.54. The van der Waals surface area contributed by atoms with Crippen molar-refractivity contribution in [2.75, 3.05) is 33.5 Å². The molecule has 1 heterocycles. The largest absolute Gasteiger partial charge is 0.375 e. The highest BCUT2D eigenvalue weighted by molar-refractivity contribution is 5.78. The van der Waals surface area contributed by atoms with Crippen LogP contribution in [0.2, 0.25) is 0 Å². The van der Waals surface area contributed by atoms with Gasteiger partial charge in [0.15, 0.2) is 0 Å². The second-order valence-electron chi connectivity index (χ2n) is 4.66. The number of ether oxygens (including phenoxy) is 3. The first-order valence-corrected chi connectivity index (χ1v) is 6.40. The van der Waals surface area contributed by atoms with E-state index in [4.69, 9.17) is 14.2 Å². The highest BCUT2D eigenvalue weighted by Gasteiger charge is 2.44. The van der Waals surface area contributed by atoms with E-state index in [1.807, 2.05) is 4.90 Å². The average molecular weight is 255 g/mol. The molecule has 0 aromatic carbocycles. The number of hydrogen-bond donors (Lipinski definition) is 0. The summed E-state index contributed by atoms with van der Waals surface area (Å²) < 4.78 is 16.4. The van der Waals surface area contributed by atoms with Crippen LogP contribution in [0.15, 0.2) is 12.7 Å². The standard InChI is InChI=1S/C13H21NO4/c1-3-7-17-11-5-4-10-13(11)18-8-6-14(10)12(15)9-16-2/h3,10-11,13H,1,4-9H2,2H3/t10-,11+,13+/m0/s1. The molecule has 5 nitrogen and oxygen atoms in total. The van der Waals surface area contributed by atoms with Gasteiger partial charge in [0.1, 0.15) is 12.7 Å². The summed E-state index contributed by atoms with van der Waals surface area (Å²) >= 11 is 0. The van der Waals surface area contributed by atoms with E-state index in [0.717, 1.165) is 12.8 Å². The summed E-state index contributed by atoms with van der Waals surface area (Å²) in [6.45, 7) is 5.54. The molecule has 0 N–H and O–H groups in total. The van der Waals surface area contributed by atoms with Gasteiger partial charge in [-0.25, -0.2) is 0 Å². The number of fused-ring (bicyclic) bond motifs is 1. The summed E-state index contributed by atoms with van der Waals surface area (Å²) in [5.41, 5.74) is 0. The Kier molecular flexibility index (Phi) is 4.74. The van der Waals surface area contributed by atoms with Crippen molar-refractivity contribution in [3.05, 3.63) is 12.7 Å². The van der Waals surface area contributed by atoms with E-state index >= 15 is 0 Å². The Hall–Kier alpha value is -0.910. The van der Waals surface area contributed by atoms with Crippen LogP contribution in [-0.2, 0) is 19.0 Å². The van der Waals surface area contributed by atoms with Crippen LogP contribution in [0.25, 0.3) is 0 Å². The third-order valence-electron chi connectivity index (χ3n) is 3.55. The van der Waals surface area contributed by atoms with E-state index < -0.39 is 0 Å². The van der Waals surface area contributed by atoms with Crippen molar-refractivity contribution >= 4 is 5.91 Å². The number of carbonyl (C=O) groups is 1. The molecule has 3 atom stereocenters. The Morgan fingerprint density at radius 2 is 2.39 bits per heavy atom. The molecule has 2 rings (SSSR count). The van der Waals surface area contributed by atoms with Crippen molar-refractivity contribution in [2.45, 2.75) is 31.1 Å². The molecule has 0 spiro atoms. The lowest BCUT2D eigenvalue weighted by molar-refractivity contribution is -0.154. The SMILES string of the molecule is C=CCO[C@@H]1CC[C@H]2[C@H]1OCCN2C(=O)COC. The molecular weight excluding hydrogens is 234 g/mol. The van der Waals surface area contributed by atoms with E-state index in [-0.39, 0.29) is 30.8 Å². The molecule has 1 amide bonds. The van der Waals surface area contributed by atoms with Crippen LogP contribution in [-0.4, -0.2) is 62.5 Å². The molecule has 1 aliphatic carbocycles.